The van der Waals surface area contributed by atoms with Gasteiger partial charge in [-0.05, 0) is 83.3 Å². The molecule has 4 aromatic rings. The Hall–Kier alpha value is -3.13. The summed E-state index contributed by atoms with van der Waals surface area (Å²) in [6, 6.07) is 24.9. The van der Waals surface area contributed by atoms with Gasteiger partial charge >= 0.3 is 0 Å². The number of amides is 1. The van der Waals surface area contributed by atoms with Gasteiger partial charge in [-0.25, -0.2) is 4.68 Å². The quantitative estimate of drug-likeness (QED) is 0.377. The summed E-state index contributed by atoms with van der Waals surface area (Å²) in [6.45, 7) is 0. The fourth-order valence-corrected chi connectivity index (χ4v) is 3.31. The summed E-state index contributed by atoms with van der Waals surface area (Å²) in [5, 5.41) is 7.66. The largest absolute Gasteiger partial charge is 0.497 e. The van der Waals surface area contributed by atoms with Crippen LogP contribution in [0.1, 0.15) is 10.4 Å². The number of halogens is 1. The van der Waals surface area contributed by atoms with Gasteiger partial charge in [-0.2, -0.15) is 5.10 Å². The summed E-state index contributed by atoms with van der Waals surface area (Å²) in [5.74, 6) is 0.542. The Labute approximate surface area is 182 Å². The molecule has 1 aromatic heterocycles. The molecule has 3 aromatic carbocycles. The zero-order chi connectivity index (χ0) is 20.2. The lowest BCUT2D eigenvalue weighted by Gasteiger charge is -2.06. The number of benzene rings is 3. The van der Waals surface area contributed by atoms with Crippen LogP contribution >= 0.6 is 22.6 Å². The zero-order valence-electron chi connectivity index (χ0n) is 15.7. The fraction of sp³-hybridized carbons (Fsp3) is 0.0435. The lowest BCUT2D eigenvalue weighted by Crippen LogP contribution is -2.12. The molecule has 0 atom stereocenters. The van der Waals surface area contributed by atoms with Gasteiger partial charge in [-0.15, -0.1) is 0 Å². The van der Waals surface area contributed by atoms with Crippen molar-refractivity contribution >= 4 is 34.2 Å². The number of nitrogens with zero attached hydrogens (tertiary/aromatic N) is 2. The maximum atomic E-state index is 13.1. The normalized spacial score (nSPS) is 10.6. The van der Waals surface area contributed by atoms with E-state index in [4.69, 9.17) is 9.84 Å². The van der Waals surface area contributed by atoms with E-state index >= 15 is 0 Å². The Morgan fingerprint density at radius 2 is 1.66 bits per heavy atom. The van der Waals surface area contributed by atoms with E-state index in [9.17, 15) is 4.79 Å². The molecule has 0 radical (unpaired) electrons. The number of nitrogens with one attached hydrogen (secondary N) is 1. The molecule has 0 aliphatic heterocycles. The van der Waals surface area contributed by atoms with Gasteiger partial charge < -0.3 is 10.1 Å². The van der Waals surface area contributed by atoms with Crippen LogP contribution < -0.4 is 10.1 Å². The van der Waals surface area contributed by atoms with Gasteiger partial charge in [0.1, 0.15) is 11.4 Å². The average molecular weight is 495 g/mol. The molecule has 6 heteroatoms. The zero-order valence-corrected chi connectivity index (χ0v) is 17.8. The monoisotopic (exact) mass is 495 g/mol. The van der Waals surface area contributed by atoms with Crippen LogP contribution in [0.2, 0.25) is 0 Å². The van der Waals surface area contributed by atoms with Crippen molar-refractivity contribution in [3.63, 3.8) is 0 Å². The highest BCUT2D eigenvalue weighted by Gasteiger charge is 2.19. The number of carbonyl (C=O) groups excluding carboxylic acids is 1. The van der Waals surface area contributed by atoms with Crippen LogP contribution in [0.15, 0.2) is 85.1 Å². The molecule has 4 rings (SSSR count). The predicted molar refractivity (Wildman–Crippen MR) is 123 cm³/mol. The summed E-state index contributed by atoms with van der Waals surface area (Å²) in [7, 11) is 1.62. The van der Waals surface area contributed by atoms with E-state index in [0.717, 1.165) is 26.3 Å². The van der Waals surface area contributed by atoms with E-state index in [1.807, 2.05) is 78.9 Å². The second-order valence-corrected chi connectivity index (χ2v) is 7.61. The number of methoxy groups -OCH3 is 1. The number of carbonyl (C=O) groups is 1. The second-order valence-electron chi connectivity index (χ2n) is 6.36. The number of ether oxygens (including phenoxy) is 1. The van der Waals surface area contributed by atoms with Crippen LogP contribution in [0.4, 0.5) is 5.69 Å². The third kappa shape index (κ3) is 4.32. The smallest absolute Gasteiger partial charge is 0.259 e. The van der Waals surface area contributed by atoms with Gasteiger partial charge in [0.25, 0.3) is 5.91 Å². The summed E-state index contributed by atoms with van der Waals surface area (Å²) in [6.07, 6.45) is 1.76. The maximum absolute atomic E-state index is 13.1. The molecule has 0 aliphatic carbocycles. The molecule has 0 saturated carbocycles. The molecule has 1 amide bonds. The topological polar surface area (TPSA) is 56.2 Å². The van der Waals surface area contributed by atoms with Crippen molar-refractivity contribution in [2.75, 3.05) is 12.4 Å². The SMILES string of the molecule is COc1ccc(-c2nn(-c3ccccc3)cc2C(=O)Nc2ccc(I)cc2)cc1. The van der Waals surface area contributed by atoms with Crippen molar-refractivity contribution in [3.05, 3.63) is 94.2 Å². The molecule has 0 bridgehead atoms. The Bertz CT molecular complexity index is 1120. The highest BCUT2D eigenvalue weighted by atomic mass is 127. The van der Waals surface area contributed by atoms with Gasteiger partial charge in [-0.3, -0.25) is 4.79 Å². The first-order valence-corrected chi connectivity index (χ1v) is 10.1. The minimum atomic E-state index is -0.209. The molecule has 0 spiro atoms. The Balaban J connectivity index is 1.74. The molecule has 144 valence electrons. The van der Waals surface area contributed by atoms with E-state index in [2.05, 4.69) is 27.9 Å². The average Bonchev–Trinajstić information content (AvgIpc) is 3.22. The Kier molecular flexibility index (Phi) is 5.62. The molecule has 5 nitrogen and oxygen atoms in total. The second kappa shape index (κ2) is 8.48. The molecule has 1 N–H and O–H groups in total. The summed E-state index contributed by atoms with van der Waals surface area (Å²) in [4.78, 5) is 13.1. The molecule has 0 fully saturated rings. The number of aromatic nitrogens is 2. The first-order valence-electron chi connectivity index (χ1n) is 9.00. The predicted octanol–water partition coefficient (Wildman–Crippen LogP) is 5.40. The molecule has 0 unspecified atom stereocenters. The van der Waals surface area contributed by atoms with Crippen LogP contribution in [0, 0.1) is 3.57 Å². The highest BCUT2D eigenvalue weighted by molar-refractivity contribution is 14.1. The molecule has 29 heavy (non-hydrogen) atoms. The van der Waals surface area contributed by atoms with Gasteiger partial charge in [-0.1, -0.05) is 18.2 Å². The number of anilines is 1. The van der Waals surface area contributed by atoms with E-state index in [0.29, 0.717) is 11.3 Å². The van der Waals surface area contributed by atoms with Crippen molar-refractivity contribution < 1.29 is 9.53 Å². The molecular weight excluding hydrogens is 477 g/mol. The summed E-state index contributed by atoms with van der Waals surface area (Å²) in [5.41, 5.74) is 3.57. The van der Waals surface area contributed by atoms with Gasteiger partial charge in [0, 0.05) is 21.0 Å². The number of hydrogen-bond acceptors (Lipinski definition) is 3. The van der Waals surface area contributed by atoms with E-state index < -0.39 is 0 Å². The first-order chi connectivity index (χ1) is 14.1. The number of rotatable bonds is 5. The number of hydrogen-bond donors (Lipinski definition) is 1. The minimum absolute atomic E-state index is 0.209. The maximum Gasteiger partial charge on any atom is 0.259 e. The van der Waals surface area contributed by atoms with Crippen LogP contribution in [0.3, 0.4) is 0 Å². The summed E-state index contributed by atoms with van der Waals surface area (Å²) < 4.78 is 8.07. The third-order valence-electron chi connectivity index (χ3n) is 4.45. The van der Waals surface area contributed by atoms with E-state index in [1.54, 1.807) is 18.0 Å². The van der Waals surface area contributed by atoms with E-state index in [-0.39, 0.29) is 5.91 Å². The Morgan fingerprint density at radius 1 is 0.966 bits per heavy atom. The molecule has 0 aliphatic rings. The molecule has 1 heterocycles. The first kappa shape index (κ1) is 19.2. The van der Waals surface area contributed by atoms with Crippen LogP contribution in [0.5, 0.6) is 5.75 Å². The van der Waals surface area contributed by atoms with Crippen molar-refractivity contribution in [1.82, 2.24) is 9.78 Å². The van der Waals surface area contributed by atoms with Crippen molar-refractivity contribution in [2.45, 2.75) is 0 Å². The number of para-hydroxylation sites is 1. The Morgan fingerprint density at radius 3 is 2.31 bits per heavy atom. The lowest BCUT2D eigenvalue weighted by molar-refractivity contribution is 0.102. The lowest BCUT2D eigenvalue weighted by atomic mass is 10.1. The fourth-order valence-electron chi connectivity index (χ4n) is 2.95. The molecule has 0 saturated heterocycles. The van der Waals surface area contributed by atoms with Crippen LogP contribution in [-0.2, 0) is 0 Å². The third-order valence-corrected chi connectivity index (χ3v) is 5.16. The van der Waals surface area contributed by atoms with Gasteiger partial charge in [0.2, 0.25) is 0 Å². The highest BCUT2D eigenvalue weighted by Crippen LogP contribution is 2.26. The van der Waals surface area contributed by atoms with Crippen molar-refractivity contribution in [3.8, 4) is 22.7 Å². The minimum Gasteiger partial charge on any atom is -0.497 e. The summed E-state index contributed by atoms with van der Waals surface area (Å²) >= 11 is 2.23. The van der Waals surface area contributed by atoms with Crippen LogP contribution in [0.25, 0.3) is 16.9 Å². The van der Waals surface area contributed by atoms with Gasteiger partial charge in [0.15, 0.2) is 0 Å². The van der Waals surface area contributed by atoms with Crippen molar-refractivity contribution in [2.24, 2.45) is 0 Å². The standard InChI is InChI=1S/C23H18IN3O2/c1-29-20-13-7-16(8-14-20)22-21(15-27(26-22)19-5-3-2-4-6-19)23(28)25-18-11-9-17(24)10-12-18/h2-15H,1H3,(H,25,28). The van der Waals surface area contributed by atoms with Crippen molar-refractivity contribution in [1.29, 1.82) is 0 Å². The van der Waals surface area contributed by atoms with Crippen LogP contribution in [-0.4, -0.2) is 22.8 Å². The van der Waals surface area contributed by atoms with E-state index in [1.165, 1.54) is 0 Å². The van der Waals surface area contributed by atoms with Gasteiger partial charge in [0.05, 0.1) is 18.4 Å². The molecular formula is C23H18IN3O2.